The number of carbonyl (C=O) groups excluding carboxylic acids is 1. The number of carbonyl (C=O) groups is 1. The molecule has 5 rings (SSSR count). The van der Waals surface area contributed by atoms with Crippen molar-refractivity contribution in [3.63, 3.8) is 0 Å². The molecule has 0 saturated carbocycles. The van der Waals surface area contributed by atoms with E-state index in [4.69, 9.17) is 11.6 Å². The Balaban J connectivity index is 1.37. The van der Waals surface area contributed by atoms with Crippen molar-refractivity contribution in [3.05, 3.63) is 104 Å². The summed E-state index contributed by atoms with van der Waals surface area (Å²) < 4.78 is 29.7. The lowest BCUT2D eigenvalue weighted by Crippen LogP contribution is -2.34. The SMILES string of the molecule is O=C(NCc1ccnc(Cl)c1)n1c2c(c3ccc(Br)cc31)CN(CC=Cc1ccc(F)cc1F)CC2. The van der Waals surface area contributed by atoms with E-state index in [0.717, 1.165) is 44.8 Å². The maximum atomic E-state index is 13.9. The van der Waals surface area contributed by atoms with Gasteiger partial charge in [0.15, 0.2) is 0 Å². The first kappa shape index (κ1) is 24.6. The third kappa shape index (κ3) is 5.21. The molecule has 1 N–H and O–H groups in total. The maximum Gasteiger partial charge on any atom is 0.326 e. The van der Waals surface area contributed by atoms with Gasteiger partial charge in [0.25, 0.3) is 0 Å². The fourth-order valence-electron chi connectivity index (χ4n) is 4.55. The molecular weight excluding hydrogens is 550 g/mol. The molecule has 1 aliphatic heterocycles. The predicted molar refractivity (Wildman–Crippen MR) is 141 cm³/mol. The molecule has 0 aliphatic carbocycles. The highest BCUT2D eigenvalue weighted by atomic mass is 79.9. The minimum atomic E-state index is -0.593. The van der Waals surface area contributed by atoms with E-state index >= 15 is 0 Å². The van der Waals surface area contributed by atoms with E-state index in [1.54, 1.807) is 22.9 Å². The number of pyridine rings is 1. The van der Waals surface area contributed by atoms with Crippen LogP contribution in [0.4, 0.5) is 13.6 Å². The van der Waals surface area contributed by atoms with E-state index in [0.29, 0.717) is 36.8 Å². The number of hydrogen-bond donors (Lipinski definition) is 1. The summed E-state index contributed by atoms with van der Waals surface area (Å²) in [5.74, 6) is -1.18. The van der Waals surface area contributed by atoms with Crippen molar-refractivity contribution in [2.24, 2.45) is 0 Å². The average Bonchev–Trinajstić information content (AvgIpc) is 3.16. The van der Waals surface area contributed by atoms with Gasteiger partial charge < -0.3 is 5.32 Å². The number of fused-ring (bicyclic) bond motifs is 3. The smallest absolute Gasteiger partial charge is 0.326 e. The van der Waals surface area contributed by atoms with Crippen molar-refractivity contribution in [2.45, 2.75) is 19.5 Å². The Labute approximate surface area is 220 Å². The lowest BCUT2D eigenvalue weighted by Gasteiger charge is -2.27. The molecule has 184 valence electrons. The van der Waals surface area contributed by atoms with Crippen LogP contribution in [0, 0.1) is 11.6 Å². The first-order chi connectivity index (χ1) is 17.4. The molecule has 2 aromatic heterocycles. The van der Waals surface area contributed by atoms with Crippen molar-refractivity contribution < 1.29 is 13.6 Å². The summed E-state index contributed by atoms with van der Waals surface area (Å²) in [6.45, 7) is 2.34. The van der Waals surface area contributed by atoms with Crippen molar-refractivity contribution >= 4 is 50.5 Å². The summed E-state index contributed by atoms with van der Waals surface area (Å²) in [5, 5.41) is 4.40. The summed E-state index contributed by atoms with van der Waals surface area (Å²) in [4.78, 5) is 19.5. The Bertz CT molecular complexity index is 1490. The summed E-state index contributed by atoms with van der Waals surface area (Å²) in [5.41, 5.74) is 4.14. The van der Waals surface area contributed by atoms with Crippen molar-refractivity contribution in [3.8, 4) is 0 Å². The lowest BCUT2D eigenvalue weighted by atomic mass is 10.0. The van der Waals surface area contributed by atoms with Crippen molar-refractivity contribution in [1.29, 1.82) is 0 Å². The van der Waals surface area contributed by atoms with Gasteiger partial charge in [0.05, 0.1) is 5.52 Å². The molecule has 0 saturated heterocycles. The highest BCUT2D eigenvalue weighted by Gasteiger charge is 2.26. The third-order valence-electron chi connectivity index (χ3n) is 6.25. The Kier molecular flexibility index (Phi) is 7.18. The minimum Gasteiger partial charge on any atom is -0.333 e. The highest BCUT2D eigenvalue weighted by Crippen LogP contribution is 2.32. The Hall–Kier alpha value is -3.07. The second-order valence-corrected chi connectivity index (χ2v) is 9.92. The van der Waals surface area contributed by atoms with Gasteiger partial charge in [-0.1, -0.05) is 45.7 Å². The van der Waals surface area contributed by atoms with Gasteiger partial charge in [0, 0.05) is 66.0 Å². The topological polar surface area (TPSA) is 50.2 Å². The third-order valence-corrected chi connectivity index (χ3v) is 6.95. The fraction of sp³-hybridized carbons (Fsp3) is 0.185. The van der Waals surface area contributed by atoms with Crippen LogP contribution in [0.15, 0.2) is 65.3 Å². The Morgan fingerprint density at radius 2 is 2.03 bits per heavy atom. The minimum absolute atomic E-state index is 0.201. The number of halogens is 4. The molecule has 9 heteroatoms. The van der Waals surface area contributed by atoms with E-state index in [1.165, 1.54) is 12.1 Å². The molecule has 0 bridgehead atoms. The van der Waals surface area contributed by atoms with E-state index in [1.807, 2.05) is 30.3 Å². The number of benzene rings is 2. The molecule has 4 aromatic rings. The Morgan fingerprint density at radius 1 is 1.17 bits per heavy atom. The predicted octanol–water partition coefficient (Wildman–Crippen LogP) is 6.56. The van der Waals surface area contributed by atoms with Gasteiger partial charge in [-0.3, -0.25) is 9.47 Å². The van der Waals surface area contributed by atoms with Gasteiger partial charge >= 0.3 is 6.03 Å². The largest absolute Gasteiger partial charge is 0.333 e. The molecule has 1 aliphatic rings. The Morgan fingerprint density at radius 3 is 2.83 bits per heavy atom. The van der Waals surface area contributed by atoms with Gasteiger partial charge in [0.2, 0.25) is 0 Å². The van der Waals surface area contributed by atoms with Crippen LogP contribution in [0.3, 0.4) is 0 Å². The van der Waals surface area contributed by atoms with Crippen LogP contribution in [0.1, 0.15) is 22.4 Å². The van der Waals surface area contributed by atoms with E-state index in [9.17, 15) is 13.6 Å². The normalized spacial score (nSPS) is 13.9. The monoisotopic (exact) mass is 570 g/mol. The summed E-state index contributed by atoms with van der Waals surface area (Å²) in [6, 6.07) is 12.9. The van der Waals surface area contributed by atoms with Crippen LogP contribution in [-0.2, 0) is 19.5 Å². The zero-order valence-electron chi connectivity index (χ0n) is 19.1. The zero-order valence-corrected chi connectivity index (χ0v) is 21.5. The van der Waals surface area contributed by atoms with Crippen LogP contribution in [0.2, 0.25) is 5.15 Å². The van der Waals surface area contributed by atoms with Crippen LogP contribution >= 0.6 is 27.5 Å². The van der Waals surface area contributed by atoms with Crippen LogP contribution < -0.4 is 5.32 Å². The first-order valence-electron chi connectivity index (χ1n) is 11.4. The summed E-state index contributed by atoms with van der Waals surface area (Å²) >= 11 is 9.50. The number of nitrogens with one attached hydrogen (secondary N) is 1. The van der Waals surface area contributed by atoms with E-state index in [-0.39, 0.29) is 6.03 Å². The molecule has 0 spiro atoms. The average molecular weight is 572 g/mol. The zero-order chi connectivity index (χ0) is 25.2. The number of hydrogen-bond acceptors (Lipinski definition) is 3. The molecule has 2 aromatic carbocycles. The van der Waals surface area contributed by atoms with Gasteiger partial charge in [-0.05, 0) is 47.5 Å². The van der Waals surface area contributed by atoms with E-state index in [2.05, 4.69) is 31.1 Å². The van der Waals surface area contributed by atoms with Gasteiger partial charge in [-0.25, -0.2) is 18.6 Å². The lowest BCUT2D eigenvalue weighted by molar-refractivity contribution is 0.240. The van der Waals surface area contributed by atoms with Gasteiger partial charge in [-0.15, -0.1) is 0 Å². The maximum absolute atomic E-state index is 13.9. The number of nitrogens with zero attached hydrogens (tertiary/aromatic N) is 3. The molecule has 36 heavy (non-hydrogen) atoms. The van der Waals surface area contributed by atoms with Crippen molar-refractivity contribution in [2.75, 3.05) is 13.1 Å². The molecule has 0 radical (unpaired) electrons. The molecule has 1 amide bonds. The van der Waals surface area contributed by atoms with Crippen LogP contribution in [0.25, 0.3) is 17.0 Å². The standard InChI is InChI=1S/C27H22BrClF2N4O/c28-19-4-6-21-22-16-34(10-1-2-18-3-5-20(30)14-23(18)31)11-8-24(22)35(25(21)13-19)27(36)33-15-17-7-9-32-26(29)12-17/h1-7,9,12-14H,8,10-11,15-16H2,(H,33,36). The molecule has 0 atom stereocenters. The number of aromatic nitrogens is 2. The second kappa shape index (κ2) is 10.5. The summed E-state index contributed by atoms with van der Waals surface area (Å²) in [7, 11) is 0. The van der Waals surface area contributed by atoms with E-state index < -0.39 is 11.6 Å². The number of rotatable bonds is 5. The summed E-state index contributed by atoms with van der Waals surface area (Å²) in [6.07, 6.45) is 5.85. The second-order valence-electron chi connectivity index (χ2n) is 8.62. The molecule has 5 nitrogen and oxygen atoms in total. The molecule has 0 unspecified atom stereocenters. The highest BCUT2D eigenvalue weighted by molar-refractivity contribution is 9.10. The first-order valence-corrected chi connectivity index (χ1v) is 12.6. The number of amides is 1. The fourth-order valence-corrected chi connectivity index (χ4v) is 5.09. The molecule has 3 heterocycles. The molecular formula is C27H22BrClF2N4O. The van der Waals surface area contributed by atoms with Gasteiger partial charge in [-0.2, -0.15) is 0 Å². The molecule has 0 fully saturated rings. The quantitative estimate of drug-likeness (QED) is 0.276. The van der Waals surface area contributed by atoms with Gasteiger partial charge in [0.1, 0.15) is 16.8 Å². The van der Waals surface area contributed by atoms with Crippen molar-refractivity contribution in [1.82, 2.24) is 19.8 Å². The van der Waals surface area contributed by atoms with Crippen LogP contribution in [0.5, 0.6) is 0 Å². The van der Waals surface area contributed by atoms with Crippen LogP contribution in [-0.4, -0.2) is 33.6 Å².